The van der Waals surface area contributed by atoms with Crippen LogP contribution >= 0.6 is 11.6 Å². The summed E-state index contributed by atoms with van der Waals surface area (Å²) in [6, 6.07) is 13.9. The molecule has 2 aliphatic heterocycles. The van der Waals surface area contributed by atoms with E-state index in [1.807, 2.05) is 11.0 Å². The van der Waals surface area contributed by atoms with Crippen LogP contribution in [0.2, 0.25) is 5.02 Å². The number of benzene rings is 2. The smallest absolute Gasteiger partial charge is 0.243 e. The lowest BCUT2D eigenvalue weighted by atomic mass is 9.89. The molecule has 2 heterocycles. The third-order valence-electron chi connectivity index (χ3n) is 6.94. The largest absolute Gasteiger partial charge is 0.342 e. The number of nitrogens with zero attached hydrogens (tertiary/aromatic N) is 2. The molecule has 5 nitrogen and oxygen atoms in total. The number of sulfonamides is 1. The lowest BCUT2D eigenvalue weighted by Crippen LogP contribution is -2.46. The predicted octanol–water partition coefficient (Wildman–Crippen LogP) is 4.75. The number of amides is 1. The van der Waals surface area contributed by atoms with Crippen LogP contribution in [0.3, 0.4) is 0 Å². The fraction of sp³-hybridized carbons (Fsp3) is 0.480. The Labute approximate surface area is 200 Å². The molecular formula is C25H30ClFN2O3S. The average Bonchev–Trinajstić information content (AvgIpc) is 2.85. The molecule has 178 valence electrons. The van der Waals surface area contributed by atoms with Gasteiger partial charge in [0, 0.05) is 32.1 Å². The first-order chi connectivity index (χ1) is 15.8. The molecule has 0 N–H and O–H groups in total. The molecule has 0 bridgehead atoms. The molecule has 2 aromatic carbocycles. The van der Waals surface area contributed by atoms with Gasteiger partial charge >= 0.3 is 0 Å². The first kappa shape index (κ1) is 24.2. The van der Waals surface area contributed by atoms with Crippen molar-refractivity contribution in [3.8, 4) is 0 Å². The number of rotatable bonds is 6. The molecule has 2 fully saturated rings. The fourth-order valence-electron chi connectivity index (χ4n) is 4.85. The zero-order chi connectivity index (χ0) is 23.4. The summed E-state index contributed by atoms with van der Waals surface area (Å²) in [5.74, 6) is 0.0000426. The van der Waals surface area contributed by atoms with Crippen molar-refractivity contribution in [3.63, 3.8) is 0 Å². The van der Waals surface area contributed by atoms with E-state index in [1.54, 1.807) is 0 Å². The summed E-state index contributed by atoms with van der Waals surface area (Å²) >= 11 is 5.76. The van der Waals surface area contributed by atoms with Crippen molar-refractivity contribution in [2.75, 3.05) is 26.2 Å². The normalized spacial score (nSPS) is 19.0. The van der Waals surface area contributed by atoms with Crippen molar-refractivity contribution in [2.24, 2.45) is 11.8 Å². The molecule has 0 radical (unpaired) electrons. The average molecular weight is 493 g/mol. The molecule has 4 rings (SSSR count). The Hall–Kier alpha value is -1.96. The molecule has 2 aliphatic rings. The van der Waals surface area contributed by atoms with Crippen LogP contribution in [-0.4, -0.2) is 49.7 Å². The molecule has 0 aliphatic carbocycles. The van der Waals surface area contributed by atoms with Gasteiger partial charge in [0.05, 0.1) is 9.92 Å². The number of aryl methyl sites for hydroxylation is 1. The second-order valence-electron chi connectivity index (χ2n) is 9.05. The van der Waals surface area contributed by atoms with Crippen molar-refractivity contribution < 1.29 is 17.6 Å². The van der Waals surface area contributed by atoms with Gasteiger partial charge in [-0.25, -0.2) is 12.8 Å². The van der Waals surface area contributed by atoms with Gasteiger partial charge in [0.1, 0.15) is 5.82 Å². The van der Waals surface area contributed by atoms with Gasteiger partial charge in [0.15, 0.2) is 0 Å². The van der Waals surface area contributed by atoms with Crippen LogP contribution in [0.25, 0.3) is 0 Å². The third-order valence-corrected chi connectivity index (χ3v) is 9.13. The fourth-order valence-corrected chi connectivity index (χ4v) is 6.59. The summed E-state index contributed by atoms with van der Waals surface area (Å²) in [4.78, 5) is 15.0. The van der Waals surface area contributed by atoms with E-state index >= 15 is 0 Å². The van der Waals surface area contributed by atoms with Gasteiger partial charge in [-0.3, -0.25) is 4.79 Å². The Morgan fingerprint density at radius 1 is 0.970 bits per heavy atom. The summed E-state index contributed by atoms with van der Waals surface area (Å²) in [5, 5.41) is -0.215. The number of carbonyl (C=O) groups is 1. The minimum absolute atomic E-state index is 0.0174. The summed E-state index contributed by atoms with van der Waals surface area (Å²) < 4.78 is 40.5. The Bertz CT molecular complexity index is 1060. The molecule has 0 saturated carbocycles. The van der Waals surface area contributed by atoms with Gasteiger partial charge < -0.3 is 4.90 Å². The maximum Gasteiger partial charge on any atom is 0.243 e. The molecule has 2 aromatic rings. The number of halogens is 2. The zero-order valence-corrected chi connectivity index (χ0v) is 20.2. The van der Waals surface area contributed by atoms with Crippen LogP contribution in [0.5, 0.6) is 0 Å². The van der Waals surface area contributed by atoms with Crippen molar-refractivity contribution in [1.82, 2.24) is 9.21 Å². The highest BCUT2D eigenvalue weighted by Crippen LogP contribution is 2.29. The van der Waals surface area contributed by atoms with E-state index < -0.39 is 15.8 Å². The van der Waals surface area contributed by atoms with E-state index in [1.165, 1.54) is 15.9 Å². The highest BCUT2D eigenvalue weighted by atomic mass is 35.5. The van der Waals surface area contributed by atoms with Crippen LogP contribution in [-0.2, 0) is 21.2 Å². The van der Waals surface area contributed by atoms with Crippen LogP contribution in [0, 0.1) is 17.7 Å². The van der Waals surface area contributed by atoms with E-state index in [0.717, 1.165) is 50.9 Å². The van der Waals surface area contributed by atoms with Gasteiger partial charge in [-0.15, -0.1) is 0 Å². The minimum atomic E-state index is -3.75. The zero-order valence-electron chi connectivity index (χ0n) is 18.6. The molecule has 0 spiro atoms. The van der Waals surface area contributed by atoms with E-state index in [9.17, 15) is 17.6 Å². The molecule has 1 amide bonds. The highest BCUT2D eigenvalue weighted by Gasteiger charge is 2.35. The van der Waals surface area contributed by atoms with E-state index in [2.05, 4.69) is 24.3 Å². The van der Waals surface area contributed by atoms with Crippen LogP contribution in [0.4, 0.5) is 4.39 Å². The third kappa shape index (κ3) is 5.76. The lowest BCUT2D eigenvalue weighted by Gasteiger charge is -2.37. The standard InChI is InChI=1S/C25H30ClFN2O3S/c26-23-18-22(8-9-24(23)27)33(31,32)29-16-12-21(13-17-29)25(30)28-14-10-20(11-15-28)7-6-19-4-2-1-3-5-19/h1-5,8-9,18,20-21H,6-7,10-17H2. The van der Waals surface area contributed by atoms with Gasteiger partial charge in [-0.1, -0.05) is 41.9 Å². The highest BCUT2D eigenvalue weighted by molar-refractivity contribution is 7.89. The second kappa shape index (κ2) is 10.5. The first-order valence-electron chi connectivity index (χ1n) is 11.6. The second-order valence-corrected chi connectivity index (χ2v) is 11.4. The molecule has 0 aromatic heterocycles. The quantitative estimate of drug-likeness (QED) is 0.584. The maximum absolute atomic E-state index is 13.4. The Kier molecular flexibility index (Phi) is 7.72. The number of piperidine rings is 2. The molecule has 8 heteroatoms. The number of hydrogen-bond donors (Lipinski definition) is 0. The van der Waals surface area contributed by atoms with Crippen LogP contribution in [0.1, 0.15) is 37.7 Å². The Balaban J connectivity index is 1.25. The SMILES string of the molecule is O=C(C1CCN(S(=O)(=O)c2ccc(F)c(Cl)c2)CC1)N1CCC(CCc2ccccc2)CC1. The molecule has 2 saturated heterocycles. The monoisotopic (exact) mass is 492 g/mol. The molecular weight excluding hydrogens is 463 g/mol. The van der Waals surface area contributed by atoms with Gasteiger partial charge in [-0.05, 0) is 68.2 Å². The van der Waals surface area contributed by atoms with Crippen molar-refractivity contribution in [3.05, 3.63) is 64.9 Å². The lowest BCUT2D eigenvalue weighted by molar-refractivity contribution is -0.138. The Morgan fingerprint density at radius 2 is 1.64 bits per heavy atom. The summed E-state index contributed by atoms with van der Waals surface area (Å²) in [7, 11) is -3.75. The van der Waals surface area contributed by atoms with Gasteiger partial charge in [0.25, 0.3) is 0 Å². The van der Waals surface area contributed by atoms with Crippen molar-refractivity contribution in [2.45, 2.75) is 43.4 Å². The van der Waals surface area contributed by atoms with Crippen LogP contribution < -0.4 is 0 Å². The summed E-state index contributed by atoms with van der Waals surface area (Å²) in [6.07, 6.45) is 5.28. The number of likely N-dealkylation sites (tertiary alicyclic amines) is 1. The topological polar surface area (TPSA) is 57.7 Å². The van der Waals surface area contributed by atoms with Gasteiger partial charge in [-0.2, -0.15) is 4.31 Å². The number of carbonyl (C=O) groups excluding carboxylic acids is 1. The number of hydrogen-bond acceptors (Lipinski definition) is 3. The van der Waals surface area contributed by atoms with Crippen molar-refractivity contribution in [1.29, 1.82) is 0 Å². The van der Waals surface area contributed by atoms with E-state index in [4.69, 9.17) is 11.6 Å². The van der Waals surface area contributed by atoms with Gasteiger partial charge in [0.2, 0.25) is 15.9 Å². The van der Waals surface area contributed by atoms with Crippen LogP contribution in [0.15, 0.2) is 53.4 Å². The predicted molar refractivity (Wildman–Crippen MR) is 127 cm³/mol. The minimum Gasteiger partial charge on any atom is -0.342 e. The molecule has 0 atom stereocenters. The molecule has 0 unspecified atom stereocenters. The summed E-state index contributed by atoms with van der Waals surface area (Å²) in [5.41, 5.74) is 1.36. The Morgan fingerprint density at radius 3 is 2.27 bits per heavy atom. The van der Waals surface area contributed by atoms with E-state index in [-0.39, 0.29) is 34.8 Å². The summed E-state index contributed by atoms with van der Waals surface area (Å²) in [6.45, 7) is 2.12. The van der Waals surface area contributed by atoms with E-state index in [0.29, 0.717) is 18.8 Å². The van der Waals surface area contributed by atoms with Crippen molar-refractivity contribution >= 4 is 27.5 Å². The maximum atomic E-state index is 13.4. The first-order valence-corrected chi connectivity index (χ1v) is 13.4. The molecule has 33 heavy (non-hydrogen) atoms.